The van der Waals surface area contributed by atoms with Gasteiger partial charge in [-0.2, -0.15) is 0 Å². The molecule has 3 nitrogen and oxygen atoms in total. The van der Waals surface area contributed by atoms with Crippen LogP contribution in [0.5, 0.6) is 0 Å². The predicted octanol–water partition coefficient (Wildman–Crippen LogP) is 0.979. The first-order valence-corrected chi connectivity index (χ1v) is 5.00. The molecule has 0 unspecified atom stereocenters. The van der Waals surface area contributed by atoms with Gasteiger partial charge in [0.05, 0.1) is 6.61 Å². The van der Waals surface area contributed by atoms with Crippen molar-refractivity contribution in [2.45, 2.75) is 20.0 Å². The number of aliphatic carboxylic acids is 1. The SMILES string of the molecule is C[C@@H](COCc1ccccc1)CC(=O)[O-]. The van der Waals surface area contributed by atoms with Gasteiger partial charge in [0.15, 0.2) is 0 Å². The van der Waals surface area contributed by atoms with E-state index in [4.69, 9.17) is 4.74 Å². The number of carbonyl (C=O) groups is 1. The lowest BCUT2D eigenvalue weighted by molar-refractivity contribution is -0.306. The van der Waals surface area contributed by atoms with E-state index < -0.39 is 5.97 Å². The Morgan fingerprint density at radius 2 is 2.07 bits per heavy atom. The summed E-state index contributed by atoms with van der Waals surface area (Å²) < 4.78 is 5.39. The molecule has 0 amide bonds. The maximum atomic E-state index is 10.3. The Balaban J connectivity index is 2.19. The number of hydrogen-bond donors (Lipinski definition) is 0. The van der Waals surface area contributed by atoms with E-state index in [9.17, 15) is 9.90 Å². The van der Waals surface area contributed by atoms with Crippen LogP contribution in [0.2, 0.25) is 0 Å². The van der Waals surface area contributed by atoms with Crippen LogP contribution < -0.4 is 5.11 Å². The normalized spacial score (nSPS) is 12.3. The van der Waals surface area contributed by atoms with Gasteiger partial charge in [0.2, 0.25) is 0 Å². The number of ether oxygens (including phenoxy) is 1. The summed E-state index contributed by atoms with van der Waals surface area (Å²) in [4.78, 5) is 10.3. The molecule has 1 rings (SSSR count). The zero-order valence-corrected chi connectivity index (χ0v) is 8.81. The highest BCUT2D eigenvalue weighted by Crippen LogP contribution is 2.05. The summed E-state index contributed by atoms with van der Waals surface area (Å²) in [6.07, 6.45) is 0.0504. The highest BCUT2D eigenvalue weighted by Gasteiger charge is 2.02. The maximum Gasteiger partial charge on any atom is 0.0717 e. The molecule has 1 atom stereocenters. The summed E-state index contributed by atoms with van der Waals surface area (Å²) in [6, 6.07) is 9.79. The lowest BCUT2D eigenvalue weighted by atomic mass is 10.1. The number of rotatable bonds is 6. The third-order valence-electron chi connectivity index (χ3n) is 2.03. The van der Waals surface area contributed by atoms with Gasteiger partial charge >= 0.3 is 0 Å². The monoisotopic (exact) mass is 207 g/mol. The van der Waals surface area contributed by atoms with Crippen molar-refractivity contribution in [3.8, 4) is 0 Å². The molecule has 0 fully saturated rings. The minimum Gasteiger partial charge on any atom is -0.550 e. The number of carboxylic acid groups (broad SMARTS) is 1. The first-order chi connectivity index (χ1) is 7.18. The number of hydrogen-bond acceptors (Lipinski definition) is 3. The van der Waals surface area contributed by atoms with Crippen LogP contribution in [0, 0.1) is 5.92 Å². The minimum absolute atomic E-state index is 0.00119. The van der Waals surface area contributed by atoms with Crippen molar-refractivity contribution in [1.29, 1.82) is 0 Å². The fraction of sp³-hybridized carbons (Fsp3) is 0.417. The van der Waals surface area contributed by atoms with Crippen molar-refractivity contribution in [3.63, 3.8) is 0 Å². The quantitative estimate of drug-likeness (QED) is 0.698. The third kappa shape index (κ3) is 5.18. The van der Waals surface area contributed by atoms with E-state index in [1.165, 1.54) is 0 Å². The standard InChI is InChI=1S/C12H16O3/c1-10(7-12(13)14)8-15-9-11-5-3-2-4-6-11/h2-6,10H,7-9H2,1H3,(H,13,14)/p-1/t10-/m1/s1. The van der Waals surface area contributed by atoms with Gasteiger partial charge in [0, 0.05) is 12.6 Å². The Hall–Kier alpha value is -1.35. The second-order valence-electron chi connectivity index (χ2n) is 3.68. The van der Waals surface area contributed by atoms with Crippen LogP contribution in [0.15, 0.2) is 30.3 Å². The highest BCUT2D eigenvalue weighted by molar-refractivity contribution is 5.64. The number of benzene rings is 1. The molecule has 0 spiro atoms. The molecule has 0 aliphatic heterocycles. The minimum atomic E-state index is -1.02. The van der Waals surface area contributed by atoms with Gasteiger partial charge in [-0.3, -0.25) is 0 Å². The highest BCUT2D eigenvalue weighted by atomic mass is 16.5. The molecule has 0 aromatic heterocycles. The molecule has 0 bridgehead atoms. The summed E-state index contributed by atoms with van der Waals surface area (Å²) in [5.74, 6) is -1.02. The first-order valence-electron chi connectivity index (χ1n) is 5.00. The molecule has 0 N–H and O–H groups in total. The van der Waals surface area contributed by atoms with Gasteiger partial charge in [-0.05, 0) is 17.9 Å². The molecule has 0 heterocycles. The smallest absolute Gasteiger partial charge is 0.0717 e. The molecule has 0 saturated heterocycles. The molecule has 3 heteroatoms. The van der Waals surface area contributed by atoms with Crippen LogP contribution >= 0.6 is 0 Å². The summed E-state index contributed by atoms with van der Waals surface area (Å²) in [7, 11) is 0. The van der Waals surface area contributed by atoms with E-state index in [2.05, 4.69) is 0 Å². The molecule has 1 aromatic rings. The number of carbonyl (C=O) groups excluding carboxylic acids is 1. The molecule has 15 heavy (non-hydrogen) atoms. The van der Waals surface area contributed by atoms with Gasteiger partial charge in [-0.15, -0.1) is 0 Å². The molecular weight excluding hydrogens is 192 g/mol. The van der Waals surface area contributed by atoms with Gasteiger partial charge in [0.1, 0.15) is 0 Å². The van der Waals surface area contributed by atoms with Crippen molar-refractivity contribution in [1.82, 2.24) is 0 Å². The average molecular weight is 207 g/mol. The lowest BCUT2D eigenvalue weighted by Crippen LogP contribution is -2.25. The van der Waals surface area contributed by atoms with E-state index in [1.54, 1.807) is 0 Å². The number of carboxylic acids is 1. The topological polar surface area (TPSA) is 49.4 Å². The Kier molecular flexibility index (Phi) is 4.84. The maximum absolute atomic E-state index is 10.3. The van der Waals surface area contributed by atoms with Crippen LogP contribution in [0.3, 0.4) is 0 Å². The largest absolute Gasteiger partial charge is 0.550 e. The molecule has 82 valence electrons. The zero-order chi connectivity index (χ0) is 11.1. The zero-order valence-electron chi connectivity index (χ0n) is 8.81. The van der Waals surface area contributed by atoms with E-state index in [-0.39, 0.29) is 12.3 Å². The van der Waals surface area contributed by atoms with Crippen molar-refractivity contribution in [2.24, 2.45) is 5.92 Å². The predicted molar refractivity (Wildman–Crippen MR) is 54.9 cm³/mol. The molecule has 0 saturated carbocycles. The Labute approximate surface area is 89.7 Å². The van der Waals surface area contributed by atoms with E-state index in [0.29, 0.717) is 13.2 Å². The van der Waals surface area contributed by atoms with Crippen molar-refractivity contribution >= 4 is 5.97 Å². The molecule has 1 aromatic carbocycles. The summed E-state index contributed by atoms with van der Waals surface area (Å²) in [5, 5.41) is 10.3. The van der Waals surface area contributed by atoms with E-state index in [1.807, 2.05) is 37.3 Å². The van der Waals surface area contributed by atoms with Crippen molar-refractivity contribution in [3.05, 3.63) is 35.9 Å². The van der Waals surface area contributed by atoms with Gasteiger partial charge < -0.3 is 14.6 Å². The molecule has 0 radical (unpaired) electrons. The van der Waals surface area contributed by atoms with Crippen molar-refractivity contribution in [2.75, 3.05) is 6.61 Å². The molecular formula is C12H15O3-. The van der Waals surface area contributed by atoms with Crippen LogP contribution in [0.1, 0.15) is 18.9 Å². The molecule has 0 aliphatic rings. The van der Waals surface area contributed by atoms with Crippen LogP contribution in [-0.4, -0.2) is 12.6 Å². The first kappa shape index (κ1) is 11.7. The van der Waals surface area contributed by atoms with Crippen molar-refractivity contribution < 1.29 is 14.6 Å². The Morgan fingerprint density at radius 3 is 2.67 bits per heavy atom. The Morgan fingerprint density at radius 1 is 1.40 bits per heavy atom. The van der Waals surface area contributed by atoms with Gasteiger partial charge in [-0.25, -0.2) is 0 Å². The third-order valence-corrected chi connectivity index (χ3v) is 2.03. The average Bonchev–Trinajstić information content (AvgIpc) is 2.18. The van der Waals surface area contributed by atoms with Crippen LogP contribution in [0.25, 0.3) is 0 Å². The second kappa shape index (κ2) is 6.19. The van der Waals surface area contributed by atoms with Gasteiger partial charge in [-0.1, -0.05) is 37.3 Å². The summed E-state index contributed by atoms with van der Waals surface area (Å²) in [6.45, 7) is 2.81. The Bertz CT molecular complexity index is 295. The molecule has 0 aliphatic carbocycles. The van der Waals surface area contributed by atoms with Crippen LogP contribution in [0.4, 0.5) is 0 Å². The van der Waals surface area contributed by atoms with Gasteiger partial charge in [0.25, 0.3) is 0 Å². The summed E-state index contributed by atoms with van der Waals surface area (Å²) in [5.41, 5.74) is 1.10. The summed E-state index contributed by atoms with van der Waals surface area (Å²) >= 11 is 0. The second-order valence-corrected chi connectivity index (χ2v) is 3.68. The van der Waals surface area contributed by atoms with Crippen LogP contribution in [-0.2, 0) is 16.1 Å². The lowest BCUT2D eigenvalue weighted by Gasteiger charge is -2.12. The fourth-order valence-corrected chi connectivity index (χ4v) is 1.30. The van der Waals surface area contributed by atoms with E-state index in [0.717, 1.165) is 5.56 Å². The fourth-order valence-electron chi connectivity index (χ4n) is 1.30. The van der Waals surface area contributed by atoms with E-state index >= 15 is 0 Å².